The van der Waals surface area contributed by atoms with Crippen molar-refractivity contribution in [3.05, 3.63) is 120 Å². The third-order valence-corrected chi connectivity index (χ3v) is 9.60. The highest BCUT2D eigenvalue weighted by molar-refractivity contribution is 6.08. The molecule has 0 aromatic heterocycles. The molecule has 0 spiro atoms. The number of esters is 1. The van der Waals surface area contributed by atoms with E-state index in [1.165, 1.54) is 19.2 Å². The van der Waals surface area contributed by atoms with Gasteiger partial charge in [0, 0.05) is 30.0 Å². The van der Waals surface area contributed by atoms with Crippen molar-refractivity contribution in [2.45, 2.75) is 51.2 Å². The van der Waals surface area contributed by atoms with Crippen LogP contribution < -0.4 is 15.5 Å². The van der Waals surface area contributed by atoms with Gasteiger partial charge < -0.3 is 20.3 Å². The van der Waals surface area contributed by atoms with Crippen molar-refractivity contribution in [3.63, 3.8) is 0 Å². The number of halogens is 3. The molecular weight excluding hydrogens is 643 g/mol. The van der Waals surface area contributed by atoms with Crippen LogP contribution in [0.5, 0.6) is 0 Å². The van der Waals surface area contributed by atoms with E-state index in [4.69, 9.17) is 4.74 Å². The van der Waals surface area contributed by atoms with E-state index in [0.29, 0.717) is 28.8 Å². The van der Waals surface area contributed by atoms with E-state index >= 15 is 0 Å². The van der Waals surface area contributed by atoms with Gasteiger partial charge in [-0.15, -0.1) is 0 Å². The van der Waals surface area contributed by atoms with E-state index < -0.39 is 29.7 Å². The Morgan fingerprint density at radius 2 is 1.48 bits per heavy atom. The molecule has 1 aliphatic heterocycles. The molecule has 3 atom stereocenters. The molecule has 0 radical (unpaired) electrons. The van der Waals surface area contributed by atoms with Crippen LogP contribution in [0.3, 0.4) is 0 Å². The van der Waals surface area contributed by atoms with Crippen molar-refractivity contribution in [2.75, 3.05) is 30.4 Å². The SMILES string of the molecule is CCC(C)C(NC(=O)C(c1ccccc1)C1CCN(c2ccc(NC(=O)c3ccccc3-c3ccc(C(F)(F)F)cc3)cc2)CC1)C(=O)OC. The first-order valence-corrected chi connectivity index (χ1v) is 16.9. The van der Waals surface area contributed by atoms with Crippen LogP contribution in [-0.4, -0.2) is 44.0 Å². The molecule has 10 heteroatoms. The summed E-state index contributed by atoms with van der Waals surface area (Å²) < 4.78 is 44.2. The Bertz CT molecular complexity index is 1750. The second-order valence-corrected chi connectivity index (χ2v) is 12.7. The summed E-state index contributed by atoms with van der Waals surface area (Å²) in [6.45, 7) is 5.35. The van der Waals surface area contributed by atoms with Gasteiger partial charge in [-0.25, -0.2) is 4.79 Å². The Morgan fingerprint density at radius 1 is 0.860 bits per heavy atom. The van der Waals surface area contributed by atoms with Crippen LogP contribution in [0.2, 0.25) is 0 Å². The van der Waals surface area contributed by atoms with Gasteiger partial charge in [-0.2, -0.15) is 13.2 Å². The summed E-state index contributed by atoms with van der Waals surface area (Å²) >= 11 is 0. The van der Waals surface area contributed by atoms with Crippen molar-refractivity contribution >= 4 is 29.2 Å². The maximum Gasteiger partial charge on any atom is 0.416 e. The number of anilines is 2. The number of carbonyl (C=O) groups excluding carboxylic acids is 3. The third-order valence-electron chi connectivity index (χ3n) is 9.60. The number of ether oxygens (including phenoxy) is 1. The lowest BCUT2D eigenvalue weighted by Gasteiger charge is -2.37. The molecule has 5 rings (SSSR count). The molecule has 1 heterocycles. The van der Waals surface area contributed by atoms with E-state index in [2.05, 4.69) is 15.5 Å². The van der Waals surface area contributed by atoms with E-state index in [-0.39, 0.29) is 23.7 Å². The number of rotatable bonds is 11. The summed E-state index contributed by atoms with van der Waals surface area (Å²) in [4.78, 5) is 41.9. The van der Waals surface area contributed by atoms with Gasteiger partial charge in [-0.3, -0.25) is 9.59 Å². The molecule has 1 fully saturated rings. The molecule has 4 aromatic carbocycles. The monoisotopic (exact) mass is 685 g/mol. The first-order valence-electron chi connectivity index (χ1n) is 16.9. The lowest BCUT2D eigenvalue weighted by Crippen LogP contribution is -2.49. The Kier molecular flexibility index (Phi) is 11.6. The normalized spacial score (nSPS) is 15.4. The number of alkyl halides is 3. The highest BCUT2D eigenvalue weighted by atomic mass is 19.4. The zero-order chi connectivity index (χ0) is 35.8. The predicted molar refractivity (Wildman–Crippen MR) is 189 cm³/mol. The van der Waals surface area contributed by atoms with Crippen molar-refractivity contribution in [2.24, 2.45) is 11.8 Å². The molecule has 0 bridgehead atoms. The molecular formula is C40H42F3N3O4. The maximum atomic E-state index is 13.8. The summed E-state index contributed by atoms with van der Waals surface area (Å²) in [6.07, 6.45) is -2.20. The quantitative estimate of drug-likeness (QED) is 0.155. The molecule has 4 aromatic rings. The second kappa shape index (κ2) is 16.1. The number of carbonyl (C=O) groups is 3. The molecule has 262 valence electrons. The summed E-state index contributed by atoms with van der Waals surface area (Å²) in [7, 11) is 1.33. The average Bonchev–Trinajstić information content (AvgIpc) is 3.14. The second-order valence-electron chi connectivity index (χ2n) is 12.7. The van der Waals surface area contributed by atoms with E-state index in [9.17, 15) is 27.6 Å². The Labute approximate surface area is 290 Å². The van der Waals surface area contributed by atoms with Crippen LogP contribution >= 0.6 is 0 Å². The third kappa shape index (κ3) is 8.53. The fraction of sp³-hybridized carbons (Fsp3) is 0.325. The van der Waals surface area contributed by atoms with Gasteiger partial charge in [-0.1, -0.05) is 80.9 Å². The smallest absolute Gasteiger partial charge is 0.416 e. The first-order chi connectivity index (χ1) is 24.0. The van der Waals surface area contributed by atoms with Crippen molar-refractivity contribution in [1.29, 1.82) is 0 Å². The Morgan fingerprint density at radius 3 is 2.08 bits per heavy atom. The van der Waals surface area contributed by atoms with Crippen LogP contribution in [0.1, 0.15) is 60.5 Å². The minimum atomic E-state index is -4.44. The van der Waals surface area contributed by atoms with Crippen molar-refractivity contribution in [3.8, 4) is 11.1 Å². The highest BCUT2D eigenvalue weighted by Crippen LogP contribution is 2.36. The van der Waals surface area contributed by atoms with Crippen LogP contribution in [0.25, 0.3) is 11.1 Å². The highest BCUT2D eigenvalue weighted by Gasteiger charge is 2.36. The minimum Gasteiger partial charge on any atom is -0.467 e. The van der Waals surface area contributed by atoms with Gasteiger partial charge in [-0.05, 0) is 83.8 Å². The minimum absolute atomic E-state index is 0.0622. The predicted octanol–water partition coefficient (Wildman–Crippen LogP) is 8.33. The van der Waals surface area contributed by atoms with Crippen molar-refractivity contribution in [1.82, 2.24) is 5.32 Å². The molecule has 0 aliphatic carbocycles. The zero-order valence-electron chi connectivity index (χ0n) is 28.4. The standard InChI is InChI=1S/C40H42F3N3O4/c1-4-26(2)36(39(49)50-3)45-38(48)35(28-10-6-5-7-11-28)29-22-24-46(25-23-29)32-20-18-31(19-21-32)44-37(47)34-13-9-8-12-33(34)27-14-16-30(17-15-27)40(41,42)43/h5-21,26,29,35-36H,4,22-25H2,1-3H3,(H,44,47)(H,45,48). The summed E-state index contributed by atoms with van der Waals surface area (Å²) in [5.41, 5.74) is 3.11. The van der Waals surface area contributed by atoms with Gasteiger partial charge in [0.15, 0.2) is 0 Å². The van der Waals surface area contributed by atoms with E-state index in [0.717, 1.165) is 49.3 Å². The Balaban J connectivity index is 1.24. The summed E-state index contributed by atoms with van der Waals surface area (Å²) in [6, 6.07) is 28.0. The van der Waals surface area contributed by atoms with E-state index in [1.807, 2.05) is 68.4 Å². The molecule has 3 unspecified atom stereocenters. The number of hydrogen-bond acceptors (Lipinski definition) is 5. The lowest BCUT2D eigenvalue weighted by molar-refractivity contribution is -0.147. The lowest BCUT2D eigenvalue weighted by atomic mass is 9.79. The van der Waals surface area contributed by atoms with Gasteiger partial charge in [0.1, 0.15) is 6.04 Å². The molecule has 7 nitrogen and oxygen atoms in total. The average molecular weight is 686 g/mol. The summed E-state index contributed by atoms with van der Waals surface area (Å²) in [5.74, 6) is -1.43. The topological polar surface area (TPSA) is 87.7 Å². The van der Waals surface area contributed by atoms with Crippen LogP contribution in [0, 0.1) is 11.8 Å². The number of methoxy groups -OCH3 is 1. The first kappa shape index (κ1) is 36.2. The van der Waals surface area contributed by atoms with Gasteiger partial charge in [0.2, 0.25) is 5.91 Å². The molecule has 1 saturated heterocycles. The number of nitrogens with zero attached hydrogens (tertiary/aromatic N) is 1. The molecule has 50 heavy (non-hydrogen) atoms. The molecule has 2 N–H and O–H groups in total. The number of amides is 2. The number of hydrogen-bond donors (Lipinski definition) is 2. The molecule has 0 saturated carbocycles. The van der Waals surface area contributed by atoms with Gasteiger partial charge >= 0.3 is 12.1 Å². The largest absolute Gasteiger partial charge is 0.467 e. The number of nitrogens with one attached hydrogen (secondary N) is 2. The van der Waals surface area contributed by atoms with Crippen LogP contribution in [0.15, 0.2) is 103 Å². The fourth-order valence-corrected chi connectivity index (χ4v) is 6.55. The van der Waals surface area contributed by atoms with Crippen LogP contribution in [-0.2, 0) is 20.5 Å². The molecule has 2 amide bonds. The number of benzene rings is 4. The molecule has 1 aliphatic rings. The number of piperidine rings is 1. The zero-order valence-corrected chi connectivity index (χ0v) is 28.4. The summed E-state index contributed by atoms with van der Waals surface area (Å²) in [5, 5.41) is 5.92. The van der Waals surface area contributed by atoms with E-state index in [1.54, 1.807) is 24.3 Å². The van der Waals surface area contributed by atoms with Gasteiger partial charge in [0.05, 0.1) is 18.6 Å². The van der Waals surface area contributed by atoms with Gasteiger partial charge in [0.25, 0.3) is 5.91 Å². The van der Waals surface area contributed by atoms with Crippen molar-refractivity contribution < 1.29 is 32.3 Å². The fourth-order valence-electron chi connectivity index (χ4n) is 6.55. The maximum absolute atomic E-state index is 13.8. The van der Waals surface area contributed by atoms with Crippen LogP contribution in [0.4, 0.5) is 24.5 Å². The Hall–Kier alpha value is -5.12.